The summed E-state index contributed by atoms with van der Waals surface area (Å²) in [5.74, 6) is 0. The second-order valence-electron chi connectivity index (χ2n) is 7.34. The van der Waals surface area contributed by atoms with Gasteiger partial charge in [0.1, 0.15) is 10.8 Å². The second kappa shape index (κ2) is 7.44. The first-order chi connectivity index (χ1) is 12.7. The molecule has 27 heavy (non-hydrogen) atoms. The molecule has 3 rings (SSSR count). The van der Waals surface area contributed by atoms with E-state index in [0.29, 0.717) is 24.3 Å². The Morgan fingerprint density at radius 1 is 1.19 bits per heavy atom. The molecule has 0 aromatic carbocycles. The summed E-state index contributed by atoms with van der Waals surface area (Å²) in [6, 6.07) is 4.01. The molecule has 0 fully saturated rings. The normalized spacial score (nSPS) is 11.9. The van der Waals surface area contributed by atoms with Crippen LogP contribution in [0.1, 0.15) is 41.9 Å². The van der Waals surface area contributed by atoms with Gasteiger partial charge in [-0.1, -0.05) is 17.7 Å². The van der Waals surface area contributed by atoms with Crippen LogP contribution in [-0.2, 0) is 20.1 Å². The van der Waals surface area contributed by atoms with Gasteiger partial charge >= 0.3 is 0 Å². The Morgan fingerprint density at radius 2 is 1.85 bits per heavy atom. The van der Waals surface area contributed by atoms with Crippen molar-refractivity contribution in [1.29, 1.82) is 0 Å². The fourth-order valence-corrected chi connectivity index (χ4v) is 3.54. The third-order valence-electron chi connectivity index (χ3n) is 5.20. The van der Waals surface area contributed by atoms with Gasteiger partial charge in [0.25, 0.3) is 5.56 Å². The molecule has 6 nitrogen and oxygen atoms in total. The fraction of sp³-hybridized carbons (Fsp3) is 0.450. The maximum Gasteiger partial charge on any atom is 0.263 e. The van der Waals surface area contributed by atoms with Crippen molar-refractivity contribution in [2.75, 3.05) is 0 Å². The predicted octanol–water partition coefficient (Wildman–Crippen LogP) is 3.42. The van der Waals surface area contributed by atoms with Crippen molar-refractivity contribution in [2.24, 2.45) is 7.05 Å². The average Bonchev–Trinajstić information content (AvgIpc) is 2.84. The number of pyridine rings is 1. The fourth-order valence-electron chi connectivity index (χ4n) is 3.31. The largest absolute Gasteiger partial charge is 0.292 e. The van der Waals surface area contributed by atoms with Crippen LogP contribution in [0.25, 0.3) is 5.65 Å². The van der Waals surface area contributed by atoms with E-state index in [0.717, 1.165) is 17.0 Å². The van der Waals surface area contributed by atoms with E-state index in [1.807, 2.05) is 37.7 Å². The highest BCUT2D eigenvalue weighted by atomic mass is 35.5. The van der Waals surface area contributed by atoms with E-state index < -0.39 is 0 Å². The number of aryl methyl sites for hydroxylation is 3. The molecule has 0 saturated carbocycles. The highest BCUT2D eigenvalue weighted by Crippen LogP contribution is 2.20. The van der Waals surface area contributed by atoms with Crippen molar-refractivity contribution in [1.82, 2.24) is 24.1 Å². The number of aromatic nitrogens is 4. The molecular weight excluding hydrogens is 362 g/mol. The summed E-state index contributed by atoms with van der Waals surface area (Å²) in [6.45, 7) is 11.4. The molecule has 0 bridgehead atoms. The minimum absolute atomic E-state index is 0.112. The van der Waals surface area contributed by atoms with Gasteiger partial charge in [-0.2, -0.15) is 5.10 Å². The maximum atomic E-state index is 13.0. The summed E-state index contributed by atoms with van der Waals surface area (Å²) in [7, 11) is 1.95. The lowest BCUT2D eigenvalue weighted by atomic mass is 10.1. The summed E-state index contributed by atoms with van der Waals surface area (Å²) in [5, 5.41) is 4.78. The quantitative estimate of drug-likeness (QED) is 0.629. The van der Waals surface area contributed by atoms with Gasteiger partial charge in [-0.3, -0.25) is 18.8 Å². The molecule has 144 valence electrons. The Morgan fingerprint density at radius 3 is 2.44 bits per heavy atom. The van der Waals surface area contributed by atoms with E-state index in [2.05, 4.69) is 35.8 Å². The molecule has 0 aliphatic carbocycles. The van der Waals surface area contributed by atoms with E-state index in [4.69, 9.17) is 11.6 Å². The van der Waals surface area contributed by atoms with Gasteiger partial charge in [-0.05, 0) is 46.2 Å². The summed E-state index contributed by atoms with van der Waals surface area (Å²) < 4.78 is 3.47. The second-order valence-corrected chi connectivity index (χ2v) is 7.70. The number of hydrogen-bond acceptors (Lipinski definition) is 4. The van der Waals surface area contributed by atoms with Crippen LogP contribution in [0.4, 0.5) is 0 Å². The van der Waals surface area contributed by atoms with E-state index >= 15 is 0 Å². The Bertz CT molecular complexity index is 1050. The predicted molar refractivity (Wildman–Crippen MR) is 108 cm³/mol. The molecule has 7 heteroatoms. The van der Waals surface area contributed by atoms with Crippen LogP contribution in [0.5, 0.6) is 0 Å². The molecule has 3 heterocycles. The Kier molecular flexibility index (Phi) is 5.40. The van der Waals surface area contributed by atoms with Crippen LogP contribution in [-0.4, -0.2) is 30.1 Å². The van der Waals surface area contributed by atoms with Crippen LogP contribution in [0, 0.1) is 20.8 Å². The van der Waals surface area contributed by atoms with Crippen LogP contribution in [0.15, 0.2) is 23.1 Å². The molecule has 0 radical (unpaired) electrons. The zero-order chi connectivity index (χ0) is 19.9. The summed E-state index contributed by atoms with van der Waals surface area (Å²) in [6.07, 6.45) is 1.74. The number of rotatable bonds is 5. The van der Waals surface area contributed by atoms with Crippen LogP contribution in [0.3, 0.4) is 0 Å². The smallest absolute Gasteiger partial charge is 0.263 e. The topological polar surface area (TPSA) is 55.4 Å². The third kappa shape index (κ3) is 3.64. The van der Waals surface area contributed by atoms with E-state index in [1.165, 1.54) is 5.56 Å². The molecule has 0 aliphatic heterocycles. The van der Waals surface area contributed by atoms with Gasteiger partial charge in [0, 0.05) is 43.6 Å². The monoisotopic (exact) mass is 387 g/mol. The minimum Gasteiger partial charge on any atom is -0.292 e. The maximum absolute atomic E-state index is 13.0. The zero-order valence-electron chi connectivity index (χ0n) is 16.7. The molecule has 0 N–H and O–H groups in total. The molecular formula is C20H26ClN5O. The molecule has 0 unspecified atom stereocenters. The van der Waals surface area contributed by atoms with Gasteiger partial charge in [0.05, 0.1) is 11.3 Å². The molecule has 3 aromatic rings. The highest BCUT2D eigenvalue weighted by molar-refractivity contribution is 6.30. The van der Waals surface area contributed by atoms with Crippen molar-refractivity contribution in [3.05, 3.63) is 61.9 Å². The van der Waals surface area contributed by atoms with Gasteiger partial charge in [0.2, 0.25) is 0 Å². The van der Waals surface area contributed by atoms with Crippen molar-refractivity contribution < 1.29 is 0 Å². The molecule has 0 saturated heterocycles. The van der Waals surface area contributed by atoms with Gasteiger partial charge in [-0.15, -0.1) is 0 Å². The molecule has 0 atom stereocenters. The van der Waals surface area contributed by atoms with Crippen molar-refractivity contribution in [3.8, 4) is 0 Å². The van der Waals surface area contributed by atoms with Gasteiger partial charge < -0.3 is 0 Å². The Labute approximate surface area is 164 Å². The van der Waals surface area contributed by atoms with E-state index in [9.17, 15) is 4.79 Å². The lowest BCUT2D eigenvalue weighted by Gasteiger charge is -2.27. The summed E-state index contributed by atoms with van der Waals surface area (Å²) >= 11 is 6.43. The average molecular weight is 388 g/mol. The van der Waals surface area contributed by atoms with Crippen LogP contribution in [0.2, 0.25) is 5.15 Å². The summed E-state index contributed by atoms with van der Waals surface area (Å²) in [4.78, 5) is 19.8. The SMILES string of the molecule is Cc1nn(C)c(C)c1CN(Cc1c(Cl)nc2c(C)cccn2c1=O)C(C)C. The Hall–Kier alpha value is -2.18. The van der Waals surface area contributed by atoms with E-state index in [-0.39, 0.29) is 16.8 Å². The first-order valence-corrected chi connectivity index (χ1v) is 9.48. The molecule has 3 aromatic heterocycles. The third-order valence-corrected chi connectivity index (χ3v) is 5.52. The van der Waals surface area contributed by atoms with Gasteiger partial charge in [-0.25, -0.2) is 4.98 Å². The standard InChI is InChI=1S/C20H26ClN5O/c1-12(2)25(10-16-14(4)23-24(6)15(16)5)11-17-18(21)22-19-13(3)8-7-9-26(19)20(17)27/h7-9,12H,10-11H2,1-6H3. The number of hydrogen-bond donors (Lipinski definition) is 0. The van der Waals surface area contributed by atoms with Gasteiger partial charge in [0.15, 0.2) is 0 Å². The highest BCUT2D eigenvalue weighted by Gasteiger charge is 2.21. The Balaban J connectivity index is 2.01. The van der Waals surface area contributed by atoms with E-state index in [1.54, 1.807) is 10.6 Å². The first kappa shape index (κ1) is 19.6. The van der Waals surface area contributed by atoms with Crippen molar-refractivity contribution >= 4 is 17.2 Å². The van der Waals surface area contributed by atoms with Crippen molar-refractivity contribution in [2.45, 2.75) is 53.8 Å². The lowest BCUT2D eigenvalue weighted by molar-refractivity contribution is 0.202. The number of nitrogens with zero attached hydrogens (tertiary/aromatic N) is 5. The molecule has 0 aliphatic rings. The van der Waals surface area contributed by atoms with Crippen molar-refractivity contribution in [3.63, 3.8) is 0 Å². The van der Waals surface area contributed by atoms with Crippen LogP contribution >= 0.6 is 11.6 Å². The zero-order valence-corrected chi connectivity index (χ0v) is 17.5. The molecule has 0 amide bonds. The first-order valence-electron chi connectivity index (χ1n) is 9.10. The van der Waals surface area contributed by atoms with Crippen LogP contribution < -0.4 is 5.56 Å². The molecule has 0 spiro atoms. The lowest BCUT2D eigenvalue weighted by Crippen LogP contribution is -2.34. The minimum atomic E-state index is -0.112. The number of fused-ring (bicyclic) bond motifs is 1. The summed E-state index contributed by atoms with van der Waals surface area (Å²) in [5.41, 5.74) is 5.26. The number of halogens is 1.